The summed E-state index contributed by atoms with van der Waals surface area (Å²) >= 11 is 3.60. The van der Waals surface area contributed by atoms with Crippen LogP contribution >= 0.6 is 15.9 Å². The van der Waals surface area contributed by atoms with Gasteiger partial charge in [-0.25, -0.2) is 0 Å². The van der Waals surface area contributed by atoms with E-state index in [1.54, 1.807) is 0 Å². The van der Waals surface area contributed by atoms with Crippen LogP contribution in [-0.2, 0) is 5.41 Å². The second kappa shape index (κ2) is 10.2. The molecule has 0 N–H and O–H groups in total. The monoisotopic (exact) mass is 531 g/mol. The molecule has 0 fully saturated rings. The summed E-state index contributed by atoms with van der Waals surface area (Å²) in [5, 5.41) is 0. The molecule has 0 amide bonds. The Morgan fingerprint density at radius 3 is 1.67 bits per heavy atom. The van der Waals surface area contributed by atoms with Crippen molar-refractivity contribution in [3.8, 4) is 11.1 Å². The number of hydrogen-bond acceptors (Lipinski definition) is 1. The summed E-state index contributed by atoms with van der Waals surface area (Å²) in [6.07, 6.45) is 0. The predicted molar refractivity (Wildman–Crippen MR) is 158 cm³/mol. The number of aryl methyl sites for hydroxylation is 1. The van der Waals surface area contributed by atoms with Crippen LogP contribution in [0.2, 0.25) is 0 Å². The van der Waals surface area contributed by atoms with E-state index in [0.29, 0.717) is 0 Å². The summed E-state index contributed by atoms with van der Waals surface area (Å²) in [5.41, 5.74) is 9.65. The number of nitrogens with zero attached hydrogens (tertiary/aromatic N) is 1. The highest BCUT2D eigenvalue weighted by molar-refractivity contribution is 9.10. The first-order chi connectivity index (χ1) is 17.4. The number of anilines is 3. The molecule has 0 radical (unpaired) electrons. The largest absolute Gasteiger partial charge is 0.310 e. The lowest BCUT2D eigenvalue weighted by Gasteiger charge is -2.31. The van der Waals surface area contributed by atoms with Crippen molar-refractivity contribution in [3.05, 3.63) is 149 Å². The van der Waals surface area contributed by atoms with Gasteiger partial charge in [0.2, 0.25) is 0 Å². The number of benzene rings is 5. The van der Waals surface area contributed by atoms with Crippen LogP contribution in [-0.4, -0.2) is 0 Å². The molecule has 5 aromatic carbocycles. The van der Waals surface area contributed by atoms with Crippen LogP contribution in [0.4, 0.5) is 17.1 Å². The molecule has 0 spiro atoms. The van der Waals surface area contributed by atoms with Crippen LogP contribution in [0.5, 0.6) is 0 Å². The van der Waals surface area contributed by atoms with Gasteiger partial charge in [-0.3, -0.25) is 0 Å². The third kappa shape index (κ3) is 4.87. The number of halogens is 1. The van der Waals surface area contributed by atoms with Gasteiger partial charge in [0.05, 0.1) is 0 Å². The van der Waals surface area contributed by atoms with E-state index in [1.807, 2.05) is 0 Å². The summed E-state index contributed by atoms with van der Waals surface area (Å²) in [6.45, 7) is 6.84. The van der Waals surface area contributed by atoms with Crippen LogP contribution in [0.1, 0.15) is 30.5 Å². The average molecular weight is 533 g/mol. The van der Waals surface area contributed by atoms with E-state index in [2.05, 4.69) is 169 Å². The van der Waals surface area contributed by atoms with Crippen LogP contribution in [0.25, 0.3) is 11.1 Å². The minimum absolute atomic E-state index is 0.121. The van der Waals surface area contributed by atoms with E-state index in [9.17, 15) is 0 Å². The van der Waals surface area contributed by atoms with E-state index < -0.39 is 0 Å². The molecule has 0 saturated heterocycles. The standard InChI is InChI=1S/C34H30BrN/c1-25-14-19-32(24-33(25)34(2,3)28-12-8-5-9-13-28)36(31-22-17-29(35)18-23-31)30-20-15-27(16-21-30)26-10-6-4-7-11-26/h4-24H,1-3H3. The number of rotatable bonds is 6. The van der Waals surface area contributed by atoms with Gasteiger partial charge in [0, 0.05) is 26.9 Å². The minimum atomic E-state index is -0.121. The lowest BCUT2D eigenvalue weighted by molar-refractivity contribution is 0.636. The van der Waals surface area contributed by atoms with E-state index >= 15 is 0 Å². The molecule has 36 heavy (non-hydrogen) atoms. The Labute approximate surface area is 223 Å². The molecule has 5 aromatic rings. The van der Waals surface area contributed by atoms with Crippen LogP contribution < -0.4 is 4.90 Å². The van der Waals surface area contributed by atoms with Crippen molar-refractivity contribution in [2.45, 2.75) is 26.2 Å². The highest BCUT2D eigenvalue weighted by atomic mass is 79.9. The molecule has 1 nitrogen and oxygen atoms in total. The van der Waals surface area contributed by atoms with Crippen molar-refractivity contribution < 1.29 is 0 Å². The molecule has 0 saturated carbocycles. The van der Waals surface area contributed by atoms with Crippen LogP contribution in [0.3, 0.4) is 0 Å². The molecule has 2 heteroatoms. The van der Waals surface area contributed by atoms with Crippen molar-refractivity contribution in [1.82, 2.24) is 0 Å². The molecule has 0 bridgehead atoms. The summed E-state index contributed by atoms with van der Waals surface area (Å²) in [6, 6.07) is 45.5. The van der Waals surface area contributed by atoms with Gasteiger partial charge in [-0.2, -0.15) is 0 Å². The molecule has 0 heterocycles. The average Bonchev–Trinajstić information content (AvgIpc) is 2.92. The Balaban J connectivity index is 1.62. The fourth-order valence-corrected chi connectivity index (χ4v) is 5.17. The molecule has 5 rings (SSSR count). The van der Waals surface area contributed by atoms with E-state index in [-0.39, 0.29) is 5.41 Å². The zero-order valence-corrected chi connectivity index (χ0v) is 22.5. The fraction of sp³-hybridized carbons (Fsp3) is 0.118. The normalized spacial score (nSPS) is 11.3. The maximum absolute atomic E-state index is 3.60. The zero-order valence-electron chi connectivity index (χ0n) is 20.9. The lowest BCUT2D eigenvalue weighted by atomic mass is 9.76. The predicted octanol–water partition coefficient (Wildman–Crippen LogP) is 10.2. The Morgan fingerprint density at radius 1 is 0.556 bits per heavy atom. The molecule has 0 aromatic heterocycles. The van der Waals surface area contributed by atoms with Gasteiger partial charge in [-0.15, -0.1) is 0 Å². The second-order valence-electron chi connectivity index (χ2n) is 9.71. The summed E-state index contributed by atoms with van der Waals surface area (Å²) < 4.78 is 1.07. The van der Waals surface area contributed by atoms with Crippen molar-refractivity contribution in [2.24, 2.45) is 0 Å². The Morgan fingerprint density at radius 2 is 1.06 bits per heavy atom. The highest BCUT2D eigenvalue weighted by Gasteiger charge is 2.26. The molecule has 178 valence electrons. The van der Waals surface area contributed by atoms with Crippen molar-refractivity contribution in [2.75, 3.05) is 4.90 Å². The van der Waals surface area contributed by atoms with Gasteiger partial charge in [0.15, 0.2) is 0 Å². The van der Waals surface area contributed by atoms with E-state index in [4.69, 9.17) is 0 Å². The topological polar surface area (TPSA) is 3.24 Å². The van der Waals surface area contributed by atoms with Gasteiger partial charge >= 0.3 is 0 Å². The summed E-state index contributed by atoms with van der Waals surface area (Å²) in [7, 11) is 0. The molecule has 0 aliphatic heterocycles. The molecule has 0 aliphatic rings. The van der Waals surface area contributed by atoms with Gasteiger partial charge in [-0.05, 0) is 83.3 Å². The fourth-order valence-electron chi connectivity index (χ4n) is 4.90. The second-order valence-corrected chi connectivity index (χ2v) is 10.6. The maximum atomic E-state index is 3.60. The van der Waals surface area contributed by atoms with E-state index in [1.165, 1.54) is 27.8 Å². The highest BCUT2D eigenvalue weighted by Crippen LogP contribution is 2.40. The van der Waals surface area contributed by atoms with Gasteiger partial charge in [0.25, 0.3) is 0 Å². The molecule has 0 aliphatic carbocycles. The van der Waals surface area contributed by atoms with Crippen molar-refractivity contribution in [1.29, 1.82) is 0 Å². The Kier molecular flexibility index (Phi) is 6.80. The lowest BCUT2D eigenvalue weighted by Crippen LogP contribution is -2.21. The smallest absolute Gasteiger partial charge is 0.0464 e. The first-order valence-corrected chi connectivity index (χ1v) is 13.1. The molecule has 0 atom stereocenters. The zero-order chi connectivity index (χ0) is 25.1. The maximum Gasteiger partial charge on any atom is 0.0464 e. The van der Waals surface area contributed by atoms with Gasteiger partial charge in [0.1, 0.15) is 0 Å². The van der Waals surface area contributed by atoms with Crippen LogP contribution in [0.15, 0.2) is 132 Å². The third-order valence-corrected chi connectivity index (χ3v) is 7.49. The van der Waals surface area contributed by atoms with Crippen LogP contribution in [0, 0.1) is 6.92 Å². The van der Waals surface area contributed by atoms with Gasteiger partial charge in [-0.1, -0.05) is 109 Å². The Bertz CT molecular complexity index is 1440. The molecular weight excluding hydrogens is 502 g/mol. The Hall–Kier alpha value is -3.62. The van der Waals surface area contributed by atoms with E-state index in [0.717, 1.165) is 21.5 Å². The third-order valence-electron chi connectivity index (χ3n) is 6.97. The SMILES string of the molecule is Cc1ccc(N(c2ccc(Br)cc2)c2ccc(-c3ccccc3)cc2)cc1C(C)(C)c1ccccc1. The number of hydrogen-bond donors (Lipinski definition) is 0. The summed E-state index contributed by atoms with van der Waals surface area (Å²) in [4.78, 5) is 2.34. The minimum Gasteiger partial charge on any atom is -0.310 e. The molecule has 0 unspecified atom stereocenters. The first-order valence-electron chi connectivity index (χ1n) is 12.3. The van der Waals surface area contributed by atoms with Crippen molar-refractivity contribution >= 4 is 33.0 Å². The first kappa shape index (κ1) is 24.1. The molecular formula is C34H30BrN. The van der Waals surface area contributed by atoms with Crippen molar-refractivity contribution in [3.63, 3.8) is 0 Å². The van der Waals surface area contributed by atoms with Gasteiger partial charge < -0.3 is 4.90 Å². The quantitative estimate of drug-likeness (QED) is 0.210. The summed E-state index contributed by atoms with van der Waals surface area (Å²) in [5.74, 6) is 0.